The van der Waals surface area contributed by atoms with Crippen LogP contribution < -0.4 is 10.1 Å². The first-order valence-electron chi connectivity index (χ1n) is 11.2. The van der Waals surface area contributed by atoms with Crippen molar-refractivity contribution in [3.05, 3.63) is 65.7 Å². The topological polar surface area (TPSA) is 77.8 Å². The highest BCUT2D eigenvalue weighted by atomic mass is 16.5. The van der Waals surface area contributed by atoms with E-state index in [0.29, 0.717) is 25.3 Å². The van der Waals surface area contributed by atoms with Crippen LogP contribution >= 0.6 is 0 Å². The third kappa shape index (κ3) is 6.54. The van der Waals surface area contributed by atoms with Gasteiger partial charge in [0.15, 0.2) is 0 Å². The first-order chi connectivity index (χ1) is 15.7. The van der Waals surface area contributed by atoms with Gasteiger partial charge in [0.1, 0.15) is 5.75 Å². The number of nitrogens with zero attached hydrogens (tertiary/aromatic N) is 3. The van der Waals surface area contributed by atoms with Gasteiger partial charge in [0.05, 0.1) is 37.0 Å². The molecule has 4 rings (SSSR count). The van der Waals surface area contributed by atoms with Crippen LogP contribution in [0.2, 0.25) is 0 Å². The van der Waals surface area contributed by atoms with E-state index in [-0.39, 0.29) is 18.1 Å². The van der Waals surface area contributed by atoms with Crippen LogP contribution in [0, 0.1) is 11.3 Å². The Morgan fingerprint density at radius 3 is 2.41 bits per heavy atom. The summed E-state index contributed by atoms with van der Waals surface area (Å²) in [5.74, 6) is 0.856. The van der Waals surface area contributed by atoms with E-state index < -0.39 is 0 Å². The lowest BCUT2D eigenvalue weighted by atomic mass is 10.1. The van der Waals surface area contributed by atoms with Gasteiger partial charge in [-0.15, -0.1) is 0 Å². The van der Waals surface area contributed by atoms with Crippen LogP contribution in [0.15, 0.2) is 54.6 Å². The Hall–Kier alpha value is -2.92. The molecule has 2 unspecified atom stereocenters. The Balaban J connectivity index is 1.14. The molecule has 2 aromatic carbocycles. The van der Waals surface area contributed by atoms with Gasteiger partial charge in [-0.3, -0.25) is 14.6 Å². The summed E-state index contributed by atoms with van der Waals surface area (Å²) in [5.41, 5.74) is 1.75. The molecule has 0 saturated carbocycles. The van der Waals surface area contributed by atoms with Crippen molar-refractivity contribution in [1.82, 2.24) is 15.1 Å². The Labute approximate surface area is 189 Å². The van der Waals surface area contributed by atoms with E-state index in [9.17, 15) is 4.79 Å². The predicted molar refractivity (Wildman–Crippen MR) is 121 cm³/mol. The van der Waals surface area contributed by atoms with Crippen LogP contribution in [0.25, 0.3) is 0 Å². The highest BCUT2D eigenvalue weighted by Gasteiger charge is 2.35. The summed E-state index contributed by atoms with van der Waals surface area (Å²) >= 11 is 0. The first-order valence-corrected chi connectivity index (χ1v) is 11.2. The van der Waals surface area contributed by atoms with Crippen LogP contribution in [0.3, 0.4) is 0 Å². The molecule has 2 heterocycles. The van der Waals surface area contributed by atoms with E-state index in [0.717, 1.165) is 50.5 Å². The lowest BCUT2D eigenvalue weighted by Crippen LogP contribution is -2.60. The van der Waals surface area contributed by atoms with Crippen molar-refractivity contribution in [1.29, 1.82) is 5.26 Å². The second-order valence-electron chi connectivity index (χ2n) is 8.43. The molecule has 168 valence electrons. The van der Waals surface area contributed by atoms with E-state index in [1.807, 2.05) is 42.5 Å². The number of carbonyl (C=O) groups is 1. The molecule has 32 heavy (non-hydrogen) atoms. The second-order valence-corrected chi connectivity index (χ2v) is 8.43. The molecule has 1 N–H and O–H groups in total. The quantitative estimate of drug-likeness (QED) is 0.609. The van der Waals surface area contributed by atoms with Gasteiger partial charge in [-0.2, -0.15) is 5.26 Å². The summed E-state index contributed by atoms with van der Waals surface area (Å²) in [5, 5.41) is 11.9. The summed E-state index contributed by atoms with van der Waals surface area (Å²) in [6.45, 7) is 5.93. The lowest BCUT2D eigenvalue weighted by molar-refractivity contribution is -0.145. The molecule has 1 amide bonds. The third-order valence-corrected chi connectivity index (χ3v) is 5.80. The minimum Gasteiger partial charge on any atom is -0.494 e. The minimum absolute atomic E-state index is 0.0608. The molecule has 2 aliphatic rings. The van der Waals surface area contributed by atoms with E-state index in [1.165, 1.54) is 0 Å². The minimum atomic E-state index is 0.0608. The largest absolute Gasteiger partial charge is 0.494 e. The Morgan fingerprint density at radius 2 is 1.72 bits per heavy atom. The molecular weight excluding hydrogens is 404 g/mol. The number of nitrogens with one attached hydrogen (secondary N) is 1. The molecule has 7 nitrogen and oxygen atoms in total. The number of nitriles is 1. The molecule has 2 fully saturated rings. The predicted octanol–water partition coefficient (Wildman–Crippen LogP) is 2.03. The SMILES string of the molecule is N#Cc1ccc(OCCCN2CC3CN(CC(=O)NCc4ccccc4)CC(C2)O3)cc1. The number of amides is 1. The number of morpholine rings is 2. The Bertz CT molecular complexity index is 899. The molecule has 2 aliphatic heterocycles. The van der Waals surface area contributed by atoms with Gasteiger partial charge >= 0.3 is 0 Å². The van der Waals surface area contributed by atoms with E-state index >= 15 is 0 Å². The van der Waals surface area contributed by atoms with E-state index in [4.69, 9.17) is 14.7 Å². The summed E-state index contributed by atoms with van der Waals surface area (Å²) in [4.78, 5) is 17.0. The van der Waals surface area contributed by atoms with Crippen molar-refractivity contribution >= 4 is 5.91 Å². The molecule has 2 aromatic rings. The fraction of sp³-hybridized carbons (Fsp3) is 0.440. The zero-order chi connectivity index (χ0) is 22.2. The molecule has 2 atom stereocenters. The number of ether oxygens (including phenoxy) is 2. The summed E-state index contributed by atoms with van der Waals surface area (Å²) in [6.07, 6.45) is 1.22. The van der Waals surface area contributed by atoms with Crippen LogP contribution in [-0.2, 0) is 16.1 Å². The van der Waals surface area contributed by atoms with Crippen molar-refractivity contribution in [3.8, 4) is 11.8 Å². The summed E-state index contributed by atoms with van der Waals surface area (Å²) in [7, 11) is 0. The smallest absolute Gasteiger partial charge is 0.234 e. The van der Waals surface area contributed by atoms with Crippen LogP contribution in [0.5, 0.6) is 5.75 Å². The van der Waals surface area contributed by atoms with Crippen LogP contribution in [0.4, 0.5) is 0 Å². The number of rotatable bonds is 9. The van der Waals surface area contributed by atoms with Gasteiger partial charge in [-0.1, -0.05) is 30.3 Å². The number of carbonyl (C=O) groups excluding carboxylic acids is 1. The fourth-order valence-electron chi connectivity index (χ4n) is 4.33. The highest BCUT2D eigenvalue weighted by Crippen LogP contribution is 2.19. The van der Waals surface area contributed by atoms with Crippen molar-refractivity contribution in [2.45, 2.75) is 25.2 Å². The maximum absolute atomic E-state index is 12.4. The van der Waals surface area contributed by atoms with E-state index in [1.54, 1.807) is 12.1 Å². The van der Waals surface area contributed by atoms with E-state index in [2.05, 4.69) is 21.2 Å². The summed E-state index contributed by atoms with van der Waals surface area (Å²) < 4.78 is 11.9. The molecule has 0 aromatic heterocycles. The molecular formula is C25H30N4O3. The number of hydrogen-bond acceptors (Lipinski definition) is 6. The normalized spacial score (nSPS) is 21.0. The lowest BCUT2D eigenvalue weighted by Gasteiger charge is -2.45. The average molecular weight is 435 g/mol. The van der Waals surface area contributed by atoms with Gasteiger partial charge < -0.3 is 14.8 Å². The molecule has 0 spiro atoms. The molecule has 7 heteroatoms. The second kappa shape index (κ2) is 11.1. The Morgan fingerprint density at radius 1 is 1.03 bits per heavy atom. The van der Waals surface area contributed by atoms with Gasteiger partial charge in [0.25, 0.3) is 0 Å². The highest BCUT2D eigenvalue weighted by molar-refractivity contribution is 5.78. The van der Waals surface area contributed by atoms with Crippen molar-refractivity contribution in [2.75, 3.05) is 45.9 Å². The maximum atomic E-state index is 12.4. The van der Waals surface area contributed by atoms with Crippen molar-refractivity contribution in [2.24, 2.45) is 0 Å². The van der Waals surface area contributed by atoms with Crippen LogP contribution in [0.1, 0.15) is 17.5 Å². The number of benzene rings is 2. The maximum Gasteiger partial charge on any atom is 0.234 e. The van der Waals surface area contributed by atoms with Gasteiger partial charge in [-0.05, 0) is 36.2 Å². The number of fused-ring (bicyclic) bond motifs is 2. The summed E-state index contributed by atoms with van der Waals surface area (Å²) in [6, 6.07) is 19.3. The Kier molecular flexibility index (Phi) is 7.73. The fourth-order valence-corrected chi connectivity index (χ4v) is 4.33. The molecule has 2 bridgehead atoms. The van der Waals surface area contributed by atoms with Crippen LogP contribution in [-0.4, -0.2) is 73.8 Å². The first kappa shape index (κ1) is 22.3. The van der Waals surface area contributed by atoms with Gasteiger partial charge in [0.2, 0.25) is 5.91 Å². The standard InChI is InChI=1S/C25H30N4O3/c26-13-20-7-9-22(10-8-20)31-12-4-11-28-15-23-17-29(18-24(16-28)32-23)19-25(30)27-14-21-5-2-1-3-6-21/h1-3,5-10,23-24H,4,11-12,14-19H2,(H,27,30). The molecule has 0 radical (unpaired) electrons. The van der Waals surface area contributed by atoms with Gasteiger partial charge in [-0.25, -0.2) is 0 Å². The third-order valence-electron chi connectivity index (χ3n) is 5.80. The van der Waals surface area contributed by atoms with Crippen molar-refractivity contribution in [3.63, 3.8) is 0 Å². The zero-order valence-corrected chi connectivity index (χ0v) is 18.3. The molecule has 2 saturated heterocycles. The average Bonchev–Trinajstić information content (AvgIpc) is 2.81. The van der Waals surface area contributed by atoms with Crippen molar-refractivity contribution < 1.29 is 14.3 Å². The number of hydrogen-bond donors (Lipinski definition) is 1. The van der Waals surface area contributed by atoms with Gasteiger partial charge in [0, 0.05) is 39.3 Å². The monoisotopic (exact) mass is 434 g/mol. The zero-order valence-electron chi connectivity index (χ0n) is 18.3. The molecule has 0 aliphatic carbocycles.